The number of benzene rings is 1. The highest BCUT2D eigenvalue weighted by Crippen LogP contribution is 2.64. The van der Waals surface area contributed by atoms with Crippen LogP contribution in [0.2, 0.25) is 0 Å². The molecular weight excluding hydrogens is 472 g/mol. The fourth-order valence-corrected chi connectivity index (χ4v) is 6.54. The number of carbonyl (C=O) groups is 3. The summed E-state index contributed by atoms with van der Waals surface area (Å²) in [4.78, 5) is 37.2. The van der Waals surface area contributed by atoms with Crippen LogP contribution in [0.5, 0.6) is 11.5 Å². The Morgan fingerprint density at radius 3 is 2.86 bits per heavy atom. The molecule has 36 heavy (non-hydrogen) atoms. The lowest BCUT2D eigenvalue weighted by atomic mass is 9.52. The molecule has 1 aromatic rings. The summed E-state index contributed by atoms with van der Waals surface area (Å²) in [5.74, 6) is -2.31. The molecule has 194 valence electrons. The Kier molecular flexibility index (Phi) is 5.97. The van der Waals surface area contributed by atoms with Gasteiger partial charge in [0, 0.05) is 24.6 Å². The maximum absolute atomic E-state index is 12.7. The number of carbonyl (C=O) groups excluding carboxylic acids is 2. The predicted octanol–water partition coefficient (Wildman–Crippen LogP) is -0.0549. The van der Waals surface area contributed by atoms with Crippen LogP contribution in [0.3, 0.4) is 0 Å². The maximum Gasteiger partial charge on any atom is 0.312 e. The van der Waals surface area contributed by atoms with E-state index in [0.717, 1.165) is 24.1 Å². The molecule has 2 bridgehead atoms. The van der Waals surface area contributed by atoms with E-state index in [1.165, 1.54) is 0 Å². The quantitative estimate of drug-likeness (QED) is 0.319. The van der Waals surface area contributed by atoms with Gasteiger partial charge in [0.15, 0.2) is 17.6 Å². The third kappa shape index (κ3) is 3.56. The van der Waals surface area contributed by atoms with Crippen molar-refractivity contribution in [3.05, 3.63) is 35.1 Å². The van der Waals surface area contributed by atoms with Crippen molar-refractivity contribution in [2.75, 3.05) is 20.1 Å². The van der Waals surface area contributed by atoms with E-state index < -0.39 is 47.5 Å². The minimum atomic E-state index is -1.71. The molecule has 11 heteroatoms. The minimum absolute atomic E-state index is 0.0239. The zero-order chi connectivity index (χ0) is 25.8. The van der Waals surface area contributed by atoms with Gasteiger partial charge in [0.25, 0.3) is 0 Å². The van der Waals surface area contributed by atoms with Gasteiger partial charge in [0.2, 0.25) is 5.91 Å². The van der Waals surface area contributed by atoms with E-state index in [1.807, 2.05) is 13.1 Å². The number of nitrogens with one attached hydrogen (secondary N) is 1. The second-order valence-electron chi connectivity index (χ2n) is 10.1. The number of likely N-dealkylation sites (tertiary alicyclic amines) is 1. The number of aromatic hydroxyl groups is 1. The SMILES string of the molecule is CN1CCC[C@]23c4c5ccc(O)c4O[C@H]2C(OC(=O)CCNC(=O)[C@@H](O)CC(=O)O)=CC[C@@]3(O)[C@H]1C5. The number of nitrogens with zero attached hydrogens (tertiary/aromatic N) is 1. The average Bonchev–Trinajstić information content (AvgIpc) is 3.15. The molecule has 0 unspecified atom stereocenters. The van der Waals surface area contributed by atoms with Gasteiger partial charge in [-0.2, -0.15) is 0 Å². The Labute approximate surface area is 207 Å². The first-order valence-electron chi connectivity index (χ1n) is 12.1. The number of aliphatic hydroxyl groups excluding tert-OH is 1. The normalized spacial score (nSPS) is 30.8. The molecule has 1 aromatic carbocycles. The Bertz CT molecular complexity index is 1150. The highest BCUT2D eigenvalue weighted by atomic mass is 16.6. The molecule has 0 saturated carbocycles. The van der Waals surface area contributed by atoms with Crippen LogP contribution in [0.25, 0.3) is 0 Å². The number of hydrogen-bond acceptors (Lipinski definition) is 9. The number of rotatable bonds is 7. The first-order chi connectivity index (χ1) is 17.1. The molecule has 1 fully saturated rings. The van der Waals surface area contributed by atoms with Crippen molar-refractivity contribution in [3.8, 4) is 11.5 Å². The molecule has 0 aromatic heterocycles. The van der Waals surface area contributed by atoms with Crippen molar-refractivity contribution >= 4 is 17.8 Å². The third-order valence-corrected chi connectivity index (χ3v) is 8.11. The van der Waals surface area contributed by atoms with E-state index in [9.17, 15) is 29.7 Å². The van der Waals surface area contributed by atoms with Crippen molar-refractivity contribution in [1.29, 1.82) is 0 Å². The third-order valence-electron chi connectivity index (χ3n) is 8.11. The molecule has 2 aliphatic heterocycles. The highest BCUT2D eigenvalue weighted by molar-refractivity contribution is 5.85. The molecule has 2 heterocycles. The van der Waals surface area contributed by atoms with E-state index in [4.69, 9.17) is 14.6 Å². The van der Waals surface area contributed by atoms with Crippen molar-refractivity contribution in [3.63, 3.8) is 0 Å². The largest absolute Gasteiger partial charge is 0.504 e. The Balaban J connectivity index is 1.37. The zero-order valence-electron chi connectivity index (χ0n) is 19.9. The molecule has 1 saturated heterocycles. The molecule has 5 atom stereocenters. The zero-order valence-corrected chi connectivity index (χ0v) is 19.9. The van der Waals surface area contributed by atoms with Crippen LogP contribution < -0.4 is 10.1 Å². The van der Waals surface area contributed by atoms with E-state index >= 15 is 0 Å². The van der Waals surface area contributed by atoms with Crippen LogP contribution in [0.15, 0.2) is 24.0 Å². The molecule has 0 radical (unpaired) electrons. The van der Waals surface area contributed by atoms with Crippen LogP contribution in [0.4, 0.5) is 0 Å². The van der Waals surface area contributed by atoms with Crippen LogP contribution in [0, 0.1) is 0 Å². The molecule has 5 N–H and O–H groups in total. The number of esters is 1. The van der Waals surface area contributed by atoms with Crippen LogP contribution in [-0.2, 0) is 31.0 Å². The fraction of sp³-hybridized carbons (Fsp3) is 0.560. The Hall–Kier alpha value is -3.15. The van der Waals surface area contributed by atoms with Gasteiger partial charge < -0.3 is 40.1 Å². The summed E-state index contributed by atoms with van der Waals surface area (Å²) in [6.45, 7) is 0.638. The van der Waals surface area contributed by atoms with Crippen LogP contribution in [0.1, 0.15) is 43.2 Å². The number of carboxylic acids is 1. The fourth-order valence-electron chi connectivity index (χ4n) is 6.54. The summed E-state index contributed by atoms with van der Waals surface area (Å²) >= 11 is 0. The number of ether oxygens (including phenoxy) is 2. The second kappa shape index (κ2) is 8.75. The van der Waals surface area contributed by atoms with Crippen LogP contribution >= 0.6 is 0 Å². The average molecular weight is 503 g/mol. The summed E-state index contributed by atoms with van der Waals surface area (Å²) in [6, 6.07) is 3.30. The van der Waals surface area contributed by atoms with Crippen LogP contribution in [-0.4, -0.2) is 87.2 Å². The maximum atomic E-state index is 12.7. The number of aliphatic hydroxyl groups is 2. The summed E-state index contributed by atoms with van der Waals surface area (Å²) in [6.07, 6.45) is 0.442. The highest BCUT2D eigenvalue weighted by Gasteiger charge is 2.71. The molecule has 4 aliphatic rings. The first kappa shape index (κ1) is 24.5. The molecule has 5 rings (SSSR count). The molecule has 2 aliphatic carbocycles. The van der Waals surface area contributed by atoms with Crippen molar-refractivity contribution in [2.45, 2.75) is 67.8 Å². The van der Waals surface area contributed by atoms with Gasteiger partial charge in [-0.25, -0.2) is 0 Å². The molecule has 1 spiro atoms. The number of hydrogen-bond donors (Lipinski definition) is 5. The standard InChI is InChI=1S/C25H30N2O9/c1-27-10-2-7-24-20-13-3-4-14(28)21(20)36-22(24)16(5-8-25(24,34)17(27)11-13)35-19(32)6-9-26-23(33)15(29)12-18(30)31/h3-5,15,17,22,28-29,34H,2,6-12H2,1H3,(H,26,33)(H,30,31)/t15-,17+,22-,24-,25+/m0/s1. The van der Waals surface area contributed by atoms with E-state index in [0.29, 0.717) is 18.6 Å². The minimum Gasteiger partial charge on any atom is -0.504 e. The van der Waals surface area contributed by atoms with Crippen molar-refractivity contribution < 1.29 is 44.3 Å². The Morgan fingerprint density at radius 1 is 1.33 bits per heavy atom. The molecular formula is C25H30N2O9. The van der Waals surface area contributed by atoms with Crippen molar-refractivity contribution in [1.82, 2.24) is 10.2 Å². The second-order valence-corrected chi connectivity index (χ2v) is 10.1. The van der Waals surface area contributed by atoms with Gasteiger partial charge in [0.05, 0.1) is 23.9 Å². The van der Waals surface area contributed by atoms with Gasteiger partial charge in [-0.1, -0.05) is 6.07 Å². The summed E-state index contributed by atoms with van der Waals surface area (Å²) in [7, 11) is 2.00. The number of aliphatic carboxylic acids is 1. The number of amides is 1. The lowest BCUT2D eigenvalue weighted by Gasteiger charge is -2.56. The van der Waals surface area contributed by atoms with Crippen molar-refractivity contribution in [2.24, 2.45) is 0 Å². The lowest BCUT2D eigenvalue weighted by molar-refractivity contribution is -0.150. The number of phenolic OH excluding ortho intramolecular Hbond substituents is 1. The van der Waals surface area contributed by atoms with Gasteiger partial charge >= 0.3 is 11.9 Å². The topological polar surface area (TPSA) is 166 Å². The first-order valence-corrected chi connectivity index (χ1v) is 12.1. The van der Waals surface area contributed by atoms with Gasteiger partial charge in [-0.3, -0.25) is 14.4 Å². The summed E-state index contributed by atoms with van der Waals surface area (Å²) in [5.41, 5.74) is -0.269. The molecule has 11 nitrogen and oxygen atoms in total. The van der Waals surface area contributed by atoms with E-state index in [1.54, 1.807) is 12.1 Å². The Morgan fingerprint density at radius 2 is 2.11 bits per heavy atom. The van der Waals surface area contributed by atoms with Gasteiger partial charge in [0.1, 0.15) is 11.9 Å². The van der Waals surface area contributed by atoms with E-state index in [2.05, 4.69) is 10.2 Å². The predicted molar refractivity (Wildman–Crippen MR) is 123 cm³/mol. The smallest absolute Gasteiger partial charge is 0.312 e. The number of phenols is 1. The lowest BCUT2D eigenvalue weighted by Crippen LogP contribution is -2.69. The van der Waals surface area contributed by atoms with E-state index in [-0.39, 0.29) is 36.9 Å². The summed E-state index contributed by atoms with van der Waals surface area (Å²) < 4.78 is 11.9. The monoisotopic (exact) mass is 502 g/mol. The van der Waals surface area contributed by atoms with Gasteiger partial charge in [-0.15, -0.1) is 0 Å². The molecule has 1 amide bonds. The number of likely N-dealkylation sites (N-methyl/N-ethyl adjacent to an activating group) is 1. The number of carboxylic acid groups (broad SMARTS) is 1. The van der Waals surface area contributed by atoms with Gasteiger partial charge in [-0.05, 0) is 50.6 Å². The summed E-state index contributed by atoms with van der Waals surface area (Å²) in [5, 5.41) is 43.4.